The van der Waals surface area contributed by atoms with E-state index in [4.69, 9.17) is 9.15 Å². The van der Waals surface area contributed by atoms with Gasteiger partial charge in [0.25, 0.3) is 0 Å². The molecule has 22 heavy (non-hydrogen) atoms. The van der Waals surface area contributed by atoms with E-state index in [2.05, 4.69) is 0 Å². The van der Waals surface area contributed by atoms with Gasteiger partial charge in [-0.3, -0.25) is 4.79 Å². The van der Waals surface area contributed by atoms with E-state index in [1.54, 1.807) is 30.3 Å². The molecule has 0 saturated carbocycles. The average molecular weight is 294 g/mol. The first-order valence-electron chi connectivity index (χ1n) is 6.81. The Balaban J connectivity index is 2.08. The summed E-state index contributed by atoms with van der Waals surface area (Å²) >= 11 is 0. The summed E-state index contributed by atoms with van der Waals surface area (Å²) in [6, 6.07) is 12.2. The molecule has 1 heterocycles. The van der Waals surface area contributed by atoms with Crippen LogP contribution in [-0.4, -0.2) is 18.9 Å². The first-order valence-corrected chi connectivity index (χ1v) is 6.81. The van der Waals surface area contributed by atoms with Gasteiger partial charge in [0.05, 0.1) is 18.2 Å². The van der Waals surface area contributed by atoms with Gasteiger partial charge in [-0.15, -0.1) is 0 Å². The highest BCUT2D eigenvalue weighted by atomic mass is 16.5. The number of furan rings is 1. The molecule has 1 aromatic heterocycles. The smallest absolute Gasteiger partial charge is 0.337 e. The Morgan fingerprint density at radius 1 is 1.00 bits per heavy atom. The maximum absolute atomic E-state index is 12.6. The van der Waals surface area contributed by atoms with Gasteiger partial charge >= 0.3 is 5.97 Å². The number of hydrogen-bond donors (Lipinski definition) is 0. The Kier molecular flexibility index (Phi) is 3.51. The van der Waals surface area contributed by atoms with Gasteiger partial charge in [0.1, 0.15) is 11.8 Å². The summed E-state index contributed by atoms with van der Waals surface area (Å²) in [5.41, 5.74) is 3.04. The van der Waals surface area contributed by atoms with E-state index < -0.39 is 5.97 Å². The lowest BCUT2D eigenvalue weighted by Gasteiger charge is -2.01. The second-order valence-corrected chi connectivity index (χ2v) is 5.05. The van der Waals surface area contributed by atoms with Gasteiger partial charge in [-0.2, -0.15) is 0 Å². The second kappa shape index (κ2) is 5.48. The van der Waals surface area contributed by atoms with Crippen molar-refractivity contribution in [2.75, 3.05) is 7.11 Å². The van der Waals surface area contributed by atoms with Gasteiger partial charge in [-0.1, -0.05) is 29.8 Å². The van der Waals surface area contributed by atoms with E-state index in [1.165, 1.54) is 13.4 Å². The minimum Gasteiger partial charge on any atom is -0.465 e. The number of carbonyl (C=O) groups excluding carboxylic acids is 2. The fourth-order valence-corrected chi connectivity index (χ4v) is 2.31. The molecule has 3 aromatic rings. The molecule has 2 aromatic carbocycles. The number of esters is 1. The topological polar surface area (TPSA) is 56.5 Å². The zero-order valence-electron chi connectivity index (χ0n) is 12.3. The van der Waals surface area contributed by atoms with Crippen LogP contribution in [0.5, 0.6) is 0 Å². The first kappa shape index (κ1) is 14.1. The fraction of sp³-hybridized carbons (Fsp3) is 0.111. The lowest BCUT2D eigenvalue weighted by molar-refractivity contribution is 0.0600. The molecule has 0 bridgehead atoms. The number of aryl methyl sites for hydroxylation is 1. The van der Waals surface area contributed by atoms with Crippen molar-refractivity contribution in [1.82, 2.24) is 0 Å². The van der Waals surface area contributed by atoms with Gasteiger partial charge in [0.2, 0.25) is 0 Å². The highest BCUT2D eigenvalue weighted by Gasteiger charge is 2.17. The number of benzene rings is 2. The van der Waals surface area contributed by atoms with Gasteiger partial charge < -0.3 is 9.15 Å². The van der Waals surface area contributed by atoms with Crippen LogP contribution in [0.4, 0.5) is 0 Å². The molecule has 0 spiro atoms. The van der Waals surface area contributed by atoms with Crippen molar-refractivity contribution >= 4 is 22.7 Å². The molecule has 0 atom stereocenters. The molecular formula is C18H14O4. The molecule has 4 heteroatoms. The Hall–Kier alpha value is -2.88. The summed E-state index contributed by atoms with van der Waals surface area (Å²) in [5.74, 6) is -0.586. The maximum atomic E-state index is 12.6. The molecule has 0 aliphatic heterocycles. The standard InChI is InChI=1S/C18H14O4/c1-11-3-5-12(6-4-11)17(19)15-10-22-16-8-7-13(9-14(15)16)18(20)21-2/h3-10H,1-2H3. The monoisotopic (exact) mass is 294 g/mol. The van der Waals surface area contributed by atoms with E-state index >= 15 is 0 Å². The van der Waals surface area contributed by atoms with Gasteiger partial charge in [0, 0.05) is 10.9 Å². The molecule has 0 saturated heterocycles. The average Bonchev–Trinajstić information content (AvgIpc) is 2.97. The van der Waals surface area contributed by atoms with Crippen molar-refractivity contribution < 1.29 is 18.7 Å². The van der Waals surface area contributed by atoms with Crippen LogP contribution in [0.25, 0.3) is 11.0 Å². The number of ether oxygens (including phenoxy) is 1. The summed E-state index contributed by atoms with van der Waals surface area (Å²) in [6.07, 6.45) is 1.42. The Morgan fingerprint density at radius 2 is 1.68 bits per heavy atom. The van der Waals surface area contributed by atoms with Crippen molar-refractivity contribution in [3.8, 4) is 0 Å². The lowest BCUT2D eigenvalue weighted by atomic mass is 10.0. The third kappa shape index (κ3) is 2.39. The van der Waals surface area contributed by atoms with Crippen LogP contribution in [-0.2, 0) is 4.74 Å². The number of methoxy groups -OCH3 is 1. The summed E-state index contributed by atoms with van der Waals surface area (Å²) in [7, 11) is 1.32. The fourth-order valence-electron chi connectivity index (χ4n) is 2.31. The number of rotatable bonds is 3. The molecule has 0 amide bonds. The van der Waals surface area contributed by atoms with E-state index in [0.717, 1.165) is 5.56 Å². The van der Waals surface area contributed by atoms with Crippen molar-refractivity contribution in [3.63, 3.8) is 0 Å². The van der Waals surface area contributed by atoms with E-state index in [1.807, 2.05) is 19.1 Å². The predicted octanol–water partition coefficient (Wildman–Crippen LogP) is 3.76. The zero-order chi connectivity index (χ0) is 15.7. The minimum absolute atomic E-state index is 0.138. The number of carbonyl (C=O) groups is 2. The Morgan fingerprint density at radius 3 is 2.36 bits per heavy atom. The number of hydrogen-bond acceptors (Lipinski definition) is 4. The van der Waals surface area contributed by atoms with Crippen molar-refractivity contribution in [2.45, 2.75) is 6.92 Å². The number of fused-ring (bicyclic) bond motifs is 1. The summed E-state index contributed by atoms with van der Waals surface area (Å²) in [6.45, 7) is 1.96. The molecule has 0 radical (unpaired) electrons. The number of ketones is 1. The van der Waals surface area contributed by atoms with Crippen LogP contribution in [0, 0.1) is 6.92 Å². The van der Waals surface area contributed by atoms with Crippen molar-refractivity contribution in [3.05, 3.63) is 71.0 Å². The molecular weight excluding hydrogens is 280 g/mol. The molecule has 0 aliphatic carbocycles. The van der Waals surface area contributed by atoms with Crippen LogP contribution < -0.4 is 0 Å². The quantitative estimate of drug-likeness (QED) is 0.545. The molecule has 0 aliphatic rings. The van der Waals surface area contributed by atoms with Crippen LogP contribution in [0.15, 0.2) is 53.1 Å². The Labute approximate surface area is 127 Å². The lowest BCUT2D eigenvalue weighted by Crippen LogP contribution is -2.02. The van der Waals surface area contributed by atoms with Gasteiger partial charge in [-0.05, 0) is 25.1 Å². The highest BCUT2D eigenvalue weighted by Crippen LogP contribution is 2.25. The zero-order valence-corrected chi connectivity index (χ0v) is 12.3. The van der Waals surface area contributed by atoms with Crippen LogP contribution in [0.1, 0.15) is 31.8 Å². The highest BCUT2D eigenvalue weighted by molar-refractivity contribution is 6.16. The third-order valence-corrected chi connectivity index (χ3v) is 3.55. The molecule has 3 rings (SSSR count). The van der Waals surface area contributed by atoms with Crippen molar-refractivity contribution in [1.29, 1.82) is 0 Å². The van der Waals surface area contributed by atoms with E-state index in [-0.39, 0.29) is 5.78 Å². The van der Waals surface area contributed by atoms with E-state index in [0.29, 0.717) is 27.7 Å². The maximum Gasteiger partial charge on any atom is 0.337 e. The van der Waals surface area contributed by atoms with Crippen molar-refractivity contribution in [2.24, 2.45) is 0 Å². The minimum atomic E-state index is -0.447. The summed E-state index contributed by atoms with van der Waals surface area (Å²) < 4.78 is 10.1. The second-order valence-electron chi connectivity index (χ2n) is 5.05. The molecule has 0 unspecified atom stereocenters. The predicted molar refractivity (Wildman–Crippen MR) is 82.2 cm³/mol. The third-order valence-electron chi connectivity index (χ3n) is 3.55. The first-order chi connectivity index (χ1) is 10.6. The van der Waals surface area contributed by atoms with Gasteiger partial charge in [-0.25, -0.2) is 4.79 Å². The normalized spacial score (nSPS) is 10.6. The molecule has 0 N–H and O–H groups in total. The summed E-state index contributed by atoms with van der Waals surface area (Å²) in [4.78, 5) is 24.2. The molecule has 110 valence electrons. The van der Waals surface area contributed by atoms with Crippen LogP contribution in [0.2, 0.25) is 0 Å². The molecule has 0 fully saturated rings. The SMILES string of the molecule is COC(=O)c1ccc2occ(C(=O)c3ccc(C)cc3)c2c1. The van der Waals surface area contributed by atoms with Gasteiger partial charge in [0.15, 0.2) is 5.78 Å². The van der Waals surface area contributed by atoms with Crippen LogP contribution in [0.3, 0.4) is 0 Å². The summed E-state index contributed by atoms with van der Waals surface area (Å²) in [5, 5.41) is 0.605. The molecule has 4 nitrogen and oxygen atoms in total. The van der Waals surface area contributed by atoms with Crippen LogP contribution >= 0.6 is 0 Å². The van der Waals surface area contributed by atoms with E-state index in [9.17, 15) is 9.59 Å². The largest absolute Gasteiger partial charge is 0.465 e. The Bertz CT molecular complexity index is 856.